The van der Waals surface area contributed by atoms with Gasteiger partial charge in [-0.25, -0.2) is 9.78 Å². The van der Waals surface area contributed by atoms with E-state index in [-0.39, 0.29) is 24.7 Å². The lowest BCUT2D eigenvalue weighted by Crippen LogP contribution is -2.40. The quantitative estimate of drug-likeness (QED) is 0.582. The Morgan fingerprint density at radius 2 is 1.91 bits per heavy atom. The summed E-state index contributed by atoms with van der Waals surface area (Å²) in [7, 11) is 1.59. The van der Waals surface area contributed by atoms with Crippen LogP contribution in [0.25, 0.3) is 11.0 Å². The highest BCUT2D eigenvalue weighted by atomic mass is 16.5. The molecule has 1 saturated carbocycles. The number of nitrogens with zero attached hydrogens (tertiary/aromatic N) is 2. The number of aliphatic hydroxyl groups is 1. The third kappa shape index (κ3) is 5.53. The van der Waals surface area contributed by atoms with Crippen LogP contribution in [0.15, 0.2) is 54.7 Å². The molecule has 2 aromatic heterocycles. The number of amides is 1. The Hall–Kier alpha value is -3.19. The topological polar surface area (TPSA) is 93.6 Å². The molecule has 0 bridgehead atoms. The molecule has 7 nitrogen and oxygen atoms in total. The van der Waals surface area contributed by atoms with E-state index in [4.69, 9.17) is 9.47 Å². The van der Waals surface area contributed by atoms with Crippen molar-refractivity contribution >= 4 is 17.1 Å². The van der Waals surface area contributed by atoms with Crippen molar-refractivity contribution in [1.82, 2.24) is 15.3 Å². The molecule has 3 aromatic rings. The second-order valence-corrected chi connectivity index (χ2v) is 8.28. The second kappa shape index (κ2) is 10.4. The Bertz CT molecular complexity index is 1040. The fourth-order valence-corrected chi connectivity index (χ4v) is 4.31. The maximum Gasteiger partial charge on any atom is 0.407 e. The van der Waals surface area contributed by atoms with E-state index in [2.05, 4.69) is 15.3 Å². The van der Waals surface area contributed by atoms with Crippen LogP contribution in [0.1, 0.15) is 36.8 Å². The first kappa shape index (κ1) is 22.0. The standard InChI is InChI=1S/C25H29N3O4/c1-31-23-12-11-21-24(28-23)19(13-14-26-21)15-22(29)18-7-9-20(10-8-18)27-25(30)32-16-17-5-3-2-4-6-17/h2-6,11-14,18,20,22,29H,7-10,15-16H2,1H3,(H,27,30)/t18?,20?,22-/m1/s1. The Labute approximate surface area is 187 Å². The van der Waals surface area contributed by atoms with Crippen molar-refractivity contribution in [3.63, 3.8) is 0 Å². The fraction of sp³-hybridized carbons (Fsp3) is 0.400. The first-order valence-corrected chi connectivity index (χ1v) is 11.1. The van der Waals surface area contributed by atoms with Gasteiger partial charge in [-0.1, -0.05) is 30.3 Å². The molecule has 168 valence electrons. The van der Waals surface area contributed by atoms with Gasteiger partial charge in [0, 0.05) is 24.7 Å². The lowest BCUT2D eigenvalue weighted by molar-refractivity contribution is 0.0765. The Morgan fingerprint density at radius 3 is 2.66 bits per heavy atom. The number of carbonyl (C=O) groups is 1. The van der Waals surface area contributed by atoms with Gasteiger partial charge < -0.3 is 19.9 Å². The summed E-state index contributed by atoms with van der Waals surface area (Å²) in [5.41, 5.74) is 3.48. The molecule has 2 N–H and O–H groups in total. The number of nitrogens with one attached hydrogen (secondary N) is 1. The summed E-state index contributed by atoms with van der Waals surface area (Å²) in [6, 6.07) is 15.3. The van der Waals surface area contributed by atoms with Crippen LogP contribution in [0, 0.1) is 5.92 Å². The van der Waals surface area contributed by atoms with Gasteiger partial charge >= 0.3 is 6.09 Å². The average Bonchev–Trinajstić information content (AvgIpc) is 2.84. The highest BCUT2D eigenvalue weighted by molar-refractivity contribution is 5.78. The number of carbonyl (C=O) groups excluding carboxylic acids is 1. The zero-order valence-electron chi connectivity index (χ0n) is 18.2. The van der Waals surface area contributed by atoms with E-state index in [9.17, 15) is 9.90 Å². The summed E-state index contributed by atoms with van der Waals surface area (Å²) in [6.45, 7) is 0.263. The Kier molecular flexibility index (Phi) is 7.17. The van der Waals surface area contributed by atoms with Crippen molar-refractivity contribution in [2.75, 3.05) is 7.11 Å². The minimum atomic E-state index is -0.473. The molecular formula is C25H29N3O4. The molecule has 0 spiro atoms. The largest absolute Gasteiger partial charge is 0.481 e. The predicted molar refractivity (Wildman–Crippen MR) is 121 cm³/mol. The number of benzene rings is 1. The van der Waals surface area contributed by atoms with Crippen LogP contribution in [0.5, 0.6) is 5.88 Å². The third-order valence-electron chi connectivity index (χ3n) is 6.13. The van der Waals surface area contributed by atoms with Crippen molar-refractivity contribution in [3.05, 3.63) is 65.9 Å². The lowest BCUT2D eigenvalue weighted by Gasteiger charge is -2.31. The van der Waals surface area contributed by atoms with Crippen LogP contribution < -0.4 is 10.1 Å². The Morgan fingerprint density at radius 1 is 1.12 bits per heavy atom. The highest BCUT2D eigenvalue weighted by Gasteiger charge is 2.28. The van der Waals surface area contributed by atoms with E-state index in [0.29, 0.717) is 12.3 Å². The smallest absolute Gasteiger partial charge is 0.407 e. The van der Waals surface area contributed by atoms with Crippen LogP contribution in [-0.4, -0.2) is 40.4 Å². The molecule has 1 atom stereocenters. The van der Waals surface area contributed by atoms with Gasteiger partial charge in [-0.2, -0.15) is 0 Å². The maximum absolute atomic E-state index is 12.1. The number of aliphatic hydroxyl groups excluding tert-OH is 1. The van der Waals surface area contributed by atoms with E-state index >= 15 is 0 Å². The van der Waals surface area contributed by atoms with Crippen LogP contribution in [-0.2, 0) is 17.8 Å². The minimum absolute atomic E-state index is 0.0782. The molecule has 2 heterocycles. The molecule has 1 aromatic carbocycles. The van der Waals surface area contributed by atoms with Gasteiger partial charge in [-0.15, -0.1) is 0 Å². The van der Waals surface area contributed by atoms with Gasteiger partial charge in [-0.3, -0.25) is 4.98 Å². The first-order valence-electron chi connectivity index (χ1n) is 11.1. The molecule has 1 aliphatic carbocycles. The summed E-state index contributed by atoms with van der Waals surface area (Å²) >= 11 is 0. The molecule has 1 fully saturated rings. The van der Waals surface area contributed by atoms with Gasteiger partial charge in [0.1, 0.15) is 6.61 Å². The normalized spacial score (nSPS) is 19.3. The first-order chi connectivity index (χ1) is 15.6. The van der Waals surface area contributed by atoms with Gasteiger partial charge in [0.05, 0.1) is 24.2 Å². The van der Waals surface area contributed by atoms with E-state index in [1.807, 2.05) is 42.5 Å². The number of aromatic nitrogens is 2. The van der Waals surface area contributed by atoms with Crippen LogP contribution >= 0.6 is 0 Å². The van der Waals surface area contributed by atoms with Crippen molar-refractivity contribution in [1.29, 1.82) is 0 Å². The monoisotopic (exact) mass is 435 g/mol. The van der Waals surface area contributed by atoms with Crippen molar-refractivity contribution in [2.24, 2.45) is 5.92 Å². The molecular weight excluding hydrogens is 406 g/mol. The van der Waals surface area contributed by atoms with Crippen LogP contribution in [0.3, 0.4) is 0 Å². The molecule has 1 amide bonds. The second-order valence-electron chi connectivity index (χ2n) is 8.28. The van der Waals surface area contributed by atoms with E-state index < -0.39 is 6.10 Å². The molecule has 1 aliphatic rings. The number of hydrogen-bond acceptors (Lipinski definition) is 6. The number of fused-ring (bicyclic) bond motifs is 1. The molecule has 0 unspecified atom stereocenters. The van der Waals surface area contributed by atoms with Crippen molar-refractivity contribution < 1.29 is 19.4 Å². The number of methoxy groups -OCH3 is 1. The number of rotatable bonds is 7. The third-order valence-corrected chi connectivity index (χ3v) is 6.13. The zero-order valence-corrected chi connectivity index (χ0v) is 18.2. The van der Waals surface area contributed by atoms with E-state index in [1.54, 1.807) is 19.4 Å². The van der Waals surface area contributed by atoms with E-state index in [0.717, 1.165) is 47.8 Å². The number of ether oxygens (including phenoxy) is 2. The number of hydrogen-bond donors (Lipinski definition) is 2. The SMILES string of the molecule is COc1ccc2nccc(C[C@@H](O)C3CCC(NC(=O)OCc4ccccc4)CC3)c2n1. The molecule has 0 aliphatic heterocycles. The molecule has 0 saturated heterocycles. The number of alkyl carbamates (subject to hydrolysis) is 1. The van der Waals surface area contributed by atoms with Crippen LogP contribution in [0.4, 0.5) is 4.79 Å². The minimum Gasteiger partial charge on any atom is -0.481 e. The summed E-state index contributed by atoms with van der Waals surface area (Å²) in [5, 5.41) is 13.9. The molecule has 32 heavy (non-hydrogen) atoms. The average molecular weight is 436 g/mol. The lowest BCUT2D eigenvalue weighted by atomic mass is 9.81. The van der Waals surface area contributed by atoms with Crippen molar-refractivity contribution in [3.8, 4) is 5.88 Å². The molecule has 0 radical (unpaired) electrons. The van der Waals surface area contributed by atoms with Gasteiger partial charge in [0.2, 0.25) is 5.88 Å². The summed E-state index contributed by atoms with van der Waals surface area (Å²) < 4.78 is 10.6. The Balaban J connectivity index is 1.27. The van der Waals surface area contributed by atoms with Crippen LogP contribution in [0.2, 0.25) is 0 Å². The summed E-state index contributed by atoms with van der Waals surface area (Å²) in [5.74, 6) is 0.717. The van der Waals surface area contributed by atoms with Crippen molar-refractivity contribution in [2.45, 2.75) is 50.9 Å². The van der Waals surface area contributed by atoms with Gasteiger partial charge in [0.15, 0.2) is 0 Å². The summed E-state index contributed by atoms with van der Waals surface area (Å²) in [6.07, 6.45) is 4.76. The van der Waals surface area contributed by atoms with E-state index in [1.165, 1.54) is 0 Å². The van der Waals surface area contributed by atoms with Gasteiger partial charge in [-0.05, 0) is 54.9 Å². The fourth-order valence-electron chi connectivity index (χ4n) is 4.31. The highest BCUT2D eigenvalue weighted by Crippen LogP contribution is 2.30. The van der Waals surface area contributed by atoms with Gasteiger partial charge in [0.25, 0.3) is 0 Å². The molecule has 7 heteroatoms. The predicted octanol–water partition coefficient (Wildman–Crippen LogP) is 4.03. The number of pyridine rings is 2. The molecule has 4 rings (SSSR count). The zero-order chi connectivity index (χ0) is 22.3. The maximum atomic E-state index is 12.1. The summed E-state index contributed by atoms with van der Waals surface area (Å²) in [4.78, 5) is 21.0.